The van der Waals surface area contributed by atoms with E-state index in [-0.39, 0.29) is 29.9 Å². The molecule has 7 heteroatoms. The molecule has 152 valence electrons. The van der Waals surface area contributed by atoms with Crippen LogP contribution in [-0.2, 0) is 16.0 Å². The van der Waals surface area contributed by atoms with Crippen LogP contribution in [0.3, 0.4) is 0 Å². The number of nitrogens with zero attached hydrogens (tertiary/aromatic N) is 3. The van der Waals surface area contributed by atoms with Gasteiger partial charge in [0.05, 0.1) is 5.92 Å². The summed E-state index contributed by atoms with van der Waals surface area (Å²) in [4.78, 5) is 31.2. The molecule has 1 saturated carbocycles. The van der Waals surface area contributed by atoms with Crippen LogP contribution in [0.1, 0.15) is 41.1 Å². The first-order valence-electron chi connectivity index (χ1n) is 10.1. The van der Waals surface area contributed by atoms with E-state index in [0.29, 0.717) is 5.02 Å². The number of carbonyl (C=O) groups is 2. The maximum Gasteiger partial charge on any atom is 0.170 e. The van der Waals surface area contributed by atoms with E-state index in [4.69, 9.17) is 11.6 Å². The minimum absolute atomic E-state index is 0.0366. The number of rotatable bonds is 3. The van der Waals surface area contributed by atoms with Crippen molar-refractivity contribution in [2.24, 2.45) is 5.92 Å². The highest BCUT2D eigenvalue weighted by Gasteiger charge is 2.49. The molecule has 0 spiro atoms. The zero-order chi connectivity index (χ0) is 20.7. The first kappa shape index (κ1) is 19.2. The molecule has 2 aliphatic rings. The third-order valence-electron chi connectivity index (χ3n) is 6.25. The van der Waals surface area contributed by atoms with Gasteiger partial charge in [0.1, 0.15) is 24.5 Å². The summed E-state index contributed by atoms with van der Waals surface area (Å²) < 4.78 is 1.59. The van der Waals surface area contributed by atoms with Crippen molar-refractivity contribution in [3.8, 4) is 0 Å². The van der Waals surface area contributed by atoms with Crippen molar-refractivity contribution in [3.63, 3.8) is 0 Å². The van der Waals surface area contributed by atoms with Crippen molar-refractivity contribution < 1.29 is 9.59 Å². The summed E-state index contributed by atoms with van der Waals surface area (Å²) >= 11 is 6.05. The number of nitrogens with one attached hydrogen (secondary N) is 1. The Labute approximate surface area is 179 Å². The second-order valence-electron chi connectivity index (χ2n) is 7.91. The summed E-state index contributed by atoms with van der Waals surface area (Å²) in [6.45, 7) is 0.743. The van der Waals surface area contributed by atoms with Gasteiger partial charge in [0.25, 0.3) is 0 Å². The molecule has 0 bridgehead atoms. The zero-order valence-electron chi connectivity index (χ0n) is 16.2. The summed E-state index contributed by atoms with van der Waals surface area (Å²) in [6, 6.07) is 14.5. The molecule has 2 aromatic carbocycles. The highest BCUT2D eigenvalue weighted by molar-refractivity contribution is 6.30. The zero-order valence-corrected chi connectivity index (χ0v) is 17.0. The Bertz CT molecular complexity index is 1080. The summed E-state index contributed by atoms with van der Waals surface area (Å²) in [5.74, 6) is -1.21. The van der Waals surface area contributed by atoms with Crippen molar-refractivity contribution in [1.82, 2.24) is 20.1 Å². The number of benzene rings is 2. The van der Waals surface area contributed by atoms with Gasteiger partial charge in [-0.1, -0.05) is 48.0 Å². The van der Waals surface area contributed by atoms with E-state index < -0.39 is 12.0 Å². The van der Waals surface area contributed by atoms with Crippen LogP contribution in [0.4, 0.5) is 0 Å². The van der Waals surface area contributed by atoms with Crippen molar-refractivity contribution in [2.45, 2.75) is 30.8 Å². The standard InChI is InChI=1S/C23H21ClN4O2/c24-16-7-5-15(6-8-16)18-11-19(29)20(23(30)22(18)28-13-25-12-27-28)21-17-4-2-1-3-14(17)9-10-26-21/h1-8,12-13,18,20-22,26H,9-11H2/t18-,20-,21+,22+/m0/s1. The summed E-state index contributed by atoms with van der Waals surface area (Å²) in [6.07, 6.45) is 4.14. The number of hydrogen-bond acceptors (Lipinski definition) is 5. The summed E-state index contributed by atoms with van der Waals surface area (Å²) in [5, 5.41) is 8.30. The summed E-state index contributed by atoms with van der Waals surface area (Å²) in [5.41, 5.74) is 3.13. The lowest BCUT2D eigenvalue weighted by molar-refractivity contribution is -0.141. The van der Waals surface area contributed by atoms with E-state index in [1.165, 1.54) is 11.9 Å². The minimum Gasteiger partial charge on any atom is -0.309 e. The van der Waals surface area contributed by atoms with Gasteiger partial charge in [0.15, 0.2) is 5.78 Å². The van der Waals surface area contributed by atoms with Crippen molar-refractivity contribution in [1.29, 1.82) is 0 Å². The van der Waals surface area contributed by atoms with Crippen LogP contribution in [0.25, 0.3) is 0 Å². The van der Waals surface area contributed by atoms with E-state index >= 15 is 0 Å². The van der Waals surface area contributed by atoms with E-state index in [1.807, 2.05) is 30.3 Å². The average molecular weight is 421 g/mol. The Morgan fingerprint density at radius 3 is 2.63 bits per heavy atom. The molecular weight excluding hydrogens is 400 g/mol. The third-order valence-corrected chi connectivity index (χ3v) is 6.50. The van der Waals surface area contributed by atoms with Gasteiger partial charge in [-0.05, 0) is 41.8 Å². The molecule has 4 atom stereocenters. The molecular formula is C23H21ClN4O2. The molecule has 0 saturated heterocycles. The lowest BCUT2D eigenvalue weighted by Crippen LogP contribution is -2.48. The van der Waals surface area contributed by atoms with Crippen LogP contribution >= 0.6 is 11.6 Å². The second-order valence-corrected chi connectivity index (χ2v) is 8.35. The van der Waals surface area contributed by atoms with Gasteiger partial charge < -0.3 is 5.32 Å². The van der Waals surface area contributed by atoms with E-state index in [9.17, 15) is 9.59 Å². The van der Waals surface area contributed by atoms with Gasteiger partial charge in [-0.15, -0.1) is 0 Å². The van der Waals surface area contributed by atoms with Crippen LogP contribution in [-0.4, -0.2) is 32.9 Å². The molecule has 0 amide bonds. The lowest BCUT2D eigenvalue weighted by Gasteiger charge is -2.39. The molecule has 0 radical (unpaired) electrons. The average Bonchev–Trinajstić information content (AvgIpc) is 3.28. The highest BCUT2D eigenvalue weighted by Crippen LogP contribution is 2.44. The number of hydrogen-bond donors (Lipinski definition) is 1. The fraction of sp³-hybridized carbons (Fsp3) is 0.304. The topological polar surface area (TPSA) is 76.9 Å². The van der Waals surface area contributed by atoms with Crippen molar-refractivity contribution in [2.75, 3.05) is 6.54 Å². The molecule has 6 nitrogen and oxygen atoms in total. The summed E-state index contributed by atoms with van der Waals surface area (Å²) in [7, 11) is 0. The van der Waals surface area contributed by atoms with Crippen molar-refractivity contribution >= 4 is 23.2 Å². The van der Waals surface area contributed by atoms with Crippen LogP contribution in [0.15, 0.2) is 61.2 Å². The fourth-order valence-corrected chi connectivity index (χ4v) is 4.99. The highest BCUT2D eigenvalue weighted by atomic mass is 35.5. The molecule has 0 unspecified atom stereocenters. The number of ketones is 2. The number of Topliss-reactive ketones (excluding diaryl/α,β-unsaturated/α-hetero) is 2. The Morgan fingerprint density at radius 1 is 1.07 bits per heavy atom. The molecule has 1 N–H and O–H groups in total. The number of halogens is 1. The molecule has 5 rings (SSSR count). The molecule has 3 aromatic rings. The van der Waals surface area contributed by atoms with Crippen LogP contribution in [0.2, 0.25) is 5.02 Å². The van der Waals surface area contributed by atoms with Gasteiger partial charge in [0, 0.05) is 23.4 Å². The van der Waals surface area contributed by atoms with Crippen LogP contribution in [0, 0.1) is 5.92 Å². The largest absolute Gasteiger partial charge is 0.309 e. The van der Waals surface area contributed by atoms with E-state index in [1.54, 1.807) is 23.1 Å². The first-order valence-corrected chi connectivity index (χ1v) is 10.5. The predicted octanol–water partition coefficient (Wildman–Crippen LogP) is 3.30. The second kappa shape index (κ2) is 7.78. The molecule has 1 fully saturated rings. The molecule has 2 heterocycles. The number of carbonyl (C=O) groups excluding carboxylic acids is 2. The van der Waals surface area contributed by atoms with Gasteiger partial charge >= 0.3 is 0 Å². The van der Waals surface area contributed by atoms with E-state index in [2.05, 4.69) is 21.5 Å². The lowest BCUT2D eigenvalue weighted by atomic mass is 9.69. The maximum atomic E-state index is 13.8. The van der Waals surface area contributed by atoms with Gasteiger partial charge in [-0.25, -0.2) is 9.67 Å². The van der Waals surface area contributed by atoms with Gasteiger partial charge in [-0.3, -0.25) is 9.59 Å². The van der Waals surface area contributed by atoms with Crippen molar-refractivity contribution in [3.05, 3.63) is 82.9 Å². The number of fused-ring (bicyclic) bond motifs is 1. The first-order chi connectivity index (χ1) is 14.6. The Morgan fingerprint density at radius 2 is 1.87 bits per heavy atom. The van der Waals surface area contributed by atoms with E-state index in [0.717, 1.165) is 24.1 Å². The fourth-order valence-electron chi connectivity index (χ4n) is 4.87. The smallest absolute Gasteiger partial charge is 0.170 e. The molecule has 1 aliphatic heterocycles. The third kappa shape index (κ3) is 3.26. The minimum atomic E-state index is -0.746. The Kier molecular flexibility index (Phi) is 4.97. The van der Waals surface area contributed by atoms with Crippen LogP contribution < -0.4 is 5.32 Å². The Hall–Kier alpha value is -2.83. The quantitative estimate of drug-likeness (QED) is 0.658. The predicted molar refractivity (Wildman–Crippen MR) is 112 cm³/mol. The number of aromatic nitrogens is 3. The normalized spacial score (nSPS) is 26.4. The van der Waals surface area contributed by atoms with Crippen LogP contribution in [0.5, 0.6) is 0 Å². The van der Waals surface area contributed by atoms with Gasteiger partial charge in [0.2, 0.25) is 0 Å². The Balaban J connectivity index is 1.56. The molecule has 30 heavy (non-hydrogen) atoms. The van der Waals surface area contributed by atoms with Gasteiger partial charge in [-0.2, -0.15) is 5.10 Å². The molecule has 1 aliphatic carbocycles. The maximum absolute atomic E-state index is 13.8. The SMILES string of the molecule is O=C1C[C@@H](c2ccc(Cl)cc2)[C@@H](n2cncn2)C(=O)[C@@H]1[C@@H]1NCCc2ccccc21. The molecule has 1 aromatic heterocycles. The monoisotopic (exact) mass is 420 g/mol.